The van der Waals surface area contributed by atoms with Gasteiger partial charge in [-0.1, -0.05) is 22.0 Å². The number of methoxy groups -OCH3 is 1. The van der Waals surface area contributed by atoms with Gasteiger partial charge in [0.25, 0.3) is 0 Å². The number of hydrogen-bond donors (Lipinski definition) is 2. The zero-order valence-electron chi connectivity index (χ0n) is 9.47. The molecule has 17 heavy (non-hydrogen) atoms. The average molecular weight is 303 g/mol. The first-order valence-corrected chi connectivity index (χ1v) is 6.31. The van der Waals surface area contributed by atoms with Crippen molar-refractivity contribution in [1.29, 1.82) is 0 Å². The fraction of sp³-hybridized carbons (Fsp3) is 0.417. The van der Waals surface area contributed by atoms with Crippen molar-refractivity contribution in [2.75, 3.05) is 12.4 Å². The van der Waals surface area contributed by atoms with Gasteiger partial charge in [-0.15, -0.1) is 0 Å². The SMILES string of the molecule is COc1ccc(C(O)C(O)CCBr)cc1C=O. The molecular formula is C12H15BrO4. The lowest BCUT2D eigenvalue weighted by Crippen LogP contribution is -2.18. The van der Waals surface area contributed by atoms with E-state index in [1.54, 1.807) is 12.1 Å². The molecule has 2 atom stereocenters. The molecule has 0 aliphatic carbocycles. The molecule has 94 valence electrons. The van der Waals surface area contributed by atoms with Crippen LogP contribution in [0.5, 0.6) is 5.75 Å². The highest BCUT2D eigenvalue weighted by molar-refractivity contribution is 9.09. The molecule has 0 bridgehead atoms. The number of alkyl halides is 1. The second-order valence-corrected chi connectivity index (χ2v) is 4.40. The van der Waals surface area contributed by atoms with Crippen LogP contribution in [0.15, 0.2) is 18.2 Å². The van der Waals surface area contributed by atoms with E-state index in [1.165, 1.54) is 13.2 Å². The number of ether oxygens (including phenoxy) is 1. The number of aldehydes is 1. The lowest BCUT2D eigenvalue weighted by molar-refractivity contribution is 0.0173. The number of hydrogen-bond acceptors (Lipinski definition) is 4. The third-order valence-corrected chi connectivity index (χ3v) is 2.95. The van der Waals surface area contributed by atoms with E-state index in [2.05, 4.69) is 15.9 Å². The second-order valence-electron chi connectivity index (χ2n) is 3.61. The number of benzene rings is 1. The number of rotatable bonds is 6. The smallest absolute Gasteiger partial charge is 0.153 e. The highest BCUT2D eigenvalue weighted by atomic mass is 79.9. The van der Waals surface area contributed by atoms with Gasteiger partial charge in [0.1, 0.15) is 11.9 Å². The van der Waals surface area contributed by atoms with Gasteiger partial charge in [0.15, 0.2) is 6.29 Å². The fourth-order valence-electron chi connectivity index (χ4n) is 1.52. The highest BCUT2D eigenvalue weighted by Crippen LogP contribution is 2.25. The van der Waals surface area contributed by atoms with Crippen LogP contribution in [0.4, 0.5) is 0 Å². The summed E-state index contributed by atoms with van der Waals surface area (Å²) in [6.07, 6.45) is -0.769. The topological polar surface area (TPSA) is 66.8 Å². The number of carbonyl (C=O) groups excluding carboxylic acids is 1. The molecule has 0 fully saturated rings. The van der Waals surface area contributed by atoms with Crippen LogP contribution in [0.3, 0.4) is 0 Å². The minimum atomic E-state index is -1.00. The summed E-state index contributed by atoms with van der Waals surface area (Å²) in [5.74, 6) is 0.450. The molecule has 5 heteroatoms. The van der Waals surface area contributed by atoms with E-state index in [-0.39, 0.29) is 0 Å². The quantitative estimate of drug-likeness (QED) is 0.620. The molecule has 0 aliphatic rings. The Morgan fingerprint density at radius 2 is 2.18 bits per heavy atom. The van der Waals surface area contributed by atoms with Crippen molar-refractivity contribution in [2.45, 2.75) is 18.6 Å². The van der Waals surface area contributed by atoms with Crippen LogP contribution < -0.4 is 4.74 Å². The van der Waals surface area contributed by atoms with Crippen molar-refractivity contribution < 1.29 is 19.7 Å². The second kappa shape index (κ2) is 6.74. The Hall–Kier alpha value is -0.910. The molecule has 2 N–H and O–H groups in total. The minimum Gasteiger partial charge on any atom is -0.496 e. The number of carbonyl (C=O) groups is 1. The molecule has 0 saturated heterocycles. The van der Waals surface area contributed by atoms with Crippen molar-refractivity contribution in [3.63, 3.8) is 0 Å². The Kier molecular flexibility index (Phi) is 5.61. The van der Waals surface area contributed by atoms with Crippen LogP contribution in [-0.2, 0) is 0 Å². The van der Waals surface area contributed by atoms with Crippen molar-refractivity contribution in [1.82, 2.24) is 0 Å². The summed E-state index contributed by atoms with van der Waals surface area (Å²) in [5, 5.41) is 20.1. The fourth-order valence-corrected chi connectivity index (χ4v) is 1.99. The highest BCUT2D eigenvalue weighted by Gasteiger charge is 2.18. The van der Waals surface area contributed by atoms with Crippen LogP contribution in [0.2, 0.25) is 0 Å². The maximum absolute atomic E-state index is 10.8. The maximum atomic E-state index is 10.8. The third kappa shape index (κ3) is 3.52. The summed E-state index contributed by atoms with van der Waals surface area (Å²) in [7, 11) is 1.47. The third-order valence-electron chi connectivity index (χ3n) is 2.49. The summed E-state index contributed by atoms with van der Waals surface area (Å²) in [5.41, 5.74) is 0.858. The van der Waals surface area contributed by atoms with E-state index in [9.17, 15) is 15.0 Å². The van der Waals surface area contributed by atoms with Crippen molar-refractivity contribution in [3.05, 3.63) is 29.3 Å². The molecule has 0 radical (unpaired) electrons. The van der Waals surface area contributed by atoms with Crippen LogP contribution in [0.25, 0.3) is 0 Å². The van der Waals surface area contributed by atoms with E-state index >= 15 is 0 Å². The van der Waals surface area contributed by atoms with Gasteiger partial charge in [-0.25, -0.2) is 0 Å². The van der Waals surface area contributed by atoms with Crippen LogP contribution in [0.1, 0.15) is 28.4 Å². The molecule has 1 rings (SSSR count). The lowest BCUT2D eigenvalue weighted by Gasteiger charge is -2.18. The zero-order valence-corrected chi connectivity index (χ0v) is 11.1. The van der Waals surface area contributed by atoms with Crippen LogP contribution in [-0.4, -0.2) is 35.0 Å². The van der Waals surface area contributed by atoms with Crippen LogP contribution in [0, 0.1) is 0 Å². The molecule has 0 spiro atoms. The molecule has 0 heterocycles. The number of halogens is 1. The Morgan fingerprint density at radius 1 is 1.47 bits per heavy atom. The Labute approximate surface area is 108 Å². The van der Waals surface area contributed by atoms with Gasteiger partial charge in [-0.05, 0) is 24.1 Å². The van der Waals surface area contributed by atoms with Gasteiger partial charge >= 0.3 is 0 Å². The molecular weight excluding hydrogens is 288 g/mol. The predicted molar refractivity (Wildman–Crippen MR) is 67.8 cm³/mol. The molecule has 0 aliphatic heterocycles. The predicted octanol–water partition coefficient (Wildman–Crippen LogP) is 1.69. The first-order valence-electron chi connectivity index (χ1n) is 5.19. The van der Waals surface area contributed by atoms with E-state index in [0.29, 0.717) is 34.9 Å². The Bertz CT molecular complexity index is 381. The molecule has 4 nitrogen and oxygen atoms in total. The van der Waals surface area contributed by atoms with Crippen molar-refractivity contribution in [2.24, 2.45) is 0 Å². The van der Waals surface area contributed by atoms with Gasteiger partial charge < -0.3 is 14.9 Å². The van der Waals surface area contributed by atoms with Gasteiger partial charge in [-0.3, -0.25) is 4.79 Å². The Morgan fingerprint density at radius 3 is 2.71 bits per heavy atom. The van der Waals surface area contributed by atoms with Gasteiger partial charge in [0.05, 0.1) is 18.8 Å². The van der Waals surface area contributed by atoms with Crippen molar-refractivity contribution >= 4 is 22.2 Å². The van der Waals surface area contributed by atoms with E-state index in [0.717, 1.165) is 0 Å². The number of aliphatic hydroxyl groups is 2. The van der Waals surface area contributed by atoms with E-state index in [4.69, 9.17) is 4.74 Å². The maximum Gasteiger partial charge on any atom is 0.153 e. The first-order chi connectivity index (χ1) is 8.13. The average Bonchev–Trinajstić information content (AvgIpc) is 2.37. The summed E-state index contributed by atoms with van der Waals surface area (Å²) in [6, 6.07) is 4.76. The molecule has 1 aromatic rings. The lowest BCUT2D eigenvalue weighted by atomic mass is 10.0. The van der Waals surface area contributed by atoms with Crippen molar-refractivity contribution in [3.8, 4) is 5.75 Å². The van der Waals surface area contributed by atoms with Gasteiger partial charge in [0, 0.05) is 5.33 Å². The summed E-state index contributed by atoms with van der Waals surface area (Å²) in [6.45, 7) is 0. The normalized spacial score (nSPS) is 14.1. The largest absolute Gasteiger partial charge is 0.496 e. The Balaban J connectivity index is 2.95. The minimum absolute atomic E-state index is 0.357. The van der Waals surface area contributed by atoms with Gasteiger partial charge in [-0.2, -0.15) is 0 Å². The number of aliphatic hydroxyl groups excluding tert-OH is 2. The summed E-state index contributed by atoms with van der Waals surface area (Å²) < 4.78 is 5.00. The molecule has 0 aromatic heterocycles. The summed E-state index contributed by atoms with van der Waals surface area (Å²) in [4.78, 5) is 10.8. The van der Waals surface area contributed by atoms with E-state index in [1.807, 2.05) is 0 Å². The molecule has 2 unspecified atom stereocenters. The van der Waals surface area contributed by atoms with Gasteiger partial charge in [0.2, 0.25) is 0 Å². The molecule has 1 aromatic carbocycles. The first kappa shape index (κ1) is 14.2. The molecule has 0 amide bonds. The standard InChI is InChI=1S/C12H15BrO4/c1-17-11-3-2-8(6-9(11)7-14)12(16)10(15)4-5-13/h2-3,6-7,10,12,15-16H,4-5H2,1H3. The van der Waals surface area contributed by atoms with Crippen LogP contribution >= 0.6 is 15.9 Å². The molecule has 0 saturated carbocycles. The zero-order chi connectivity index (χ0) is 12.8. The monoisotopic (exact) mass is 302 g/mol. The summed E-state index contributed by atoms with van der Waals surface area (Å²) >= 11 is 3.19. The van der Waals surface area contributed by atoms with E-state index < -0.39 is 12.2 Å².